The van der Waals surface area contributed by atoms with Crippen LogP contribution in [0.15, 0.2) is 0 Å². The van der Waals surface area contributed by atoms with Gasteiger partial charge in [-0.05, 0) is 44.9 Å². The Bertz CT molecular complexity index is 514. The predicted molar refractivity (Wildman–Crippen MR) is 94.2 cm³/mol. The highest BCUT2D eigenvalue weighted by Gasteiger charge is 2.50. The molecule has 1 unspecified atom stereocenters. The zero-order valence-electron chi connectivity index (χ0n) is 15.2. The lowest BCUT2D eigenvalue weighted by Gasteiger charge is -2.44. The molecule has 3 heterocycles. The number of rotatable bonds is 2. The highest BCUT2D eigenvalue weighted by Crippen LogP contribution is 2.41. The van der Waals surface area contributed by atoms with Gasteiger partial charge in [-0.1, -0.05) is 12.8 Å². The van der Waals surface area contributed by atoms with Crippen LogP contribution in [0, 0.1) is 5.41 Å². The Kier molecular flexibility index (Phi) is 4.89. The molecule has 1 N–H and O–H groups in total. The first-order valence-corrected chi connectivity index (χ1v) is 10.1. The highest BCUT2D eigenvalue weighted by molar-refractivity contribution is 5.86. The first-order chi connectivity index (χ1) is 12.2. The third-order valence-electron chi connectivity index (χ3n) is 6.72. The van der Waals surface area contributed by atoms with E-state index in [0.717, 1.165) is 64.7 Å². The van der Waals surface area contributed by atoms with Crippen LogP contribution >= 0.6 is 0 Å². The molecule has 0 aromatic rings. The SMILES string of the molecule is O=C(NC1CCCC1)N1CCC2(CCCN(C3CCOCC3)C2=O)C1. The van der Waals surface area contributed by atoms with E-state index in [4.69, 9.17) is 4.74 Å². The van der Waals surface area contributed by atoms with Crippen LogP contribution in [0.5, 0.6) is 0 Å². The Hall–Kier alpha value is -1.30. The fourth-order valence-electron chi connectivity index (χ4n) is 5.21. The van der Waals surface area contributed by atoms with E-state index in [1.54, 1.807) is 0 Å². The topological polar surface area (TPSA) is 61.9 Å². The van der Waals surface area contributed by atoms with E-state index in [-0.39, 0.29) is 11.4 Å². The van der Waals surface area contributed by atoms with Crippen molar-refractivity contribution in [3.8, 4) is 0 Å². The first kappa shape index (κ1) is 17.1. The van der Waals surface area contributed by atoms with Crippen molar-refractivity contribution >= 4 is 11.9 Å². The fourth-order valence-corrected chi connectivity index (χ4v) is 5.21. The van der Waals surface area contributed by atoms with Gasteiger partial charge in [0.2, 0.25) is 5.91 Å². The lowest BCUT2D eigenvalue weighted by molar-refractivity contribution is -0.150. The van der Waals surface area contributed by atoms with Gasteiger partial charge in [0, 0.05) is 44.9 Å². The molecule has 140 valence electrons. The van der Waals surface area contributed by atoms with Crippen LogP contribution in [0.1, 0.15) is 57.8 Å². The zero-order valence-corrected chi connectivity index (χ0v) is 15.2. The molecule has 6 nitrogen and oxygen atoms in total. The smallest absolute Gasteiger partial charge is 0.317 e. The summed E-state index contributed by atoms with van der Waals surface area (Å²) < 4.78 is 5.46. The maximum Gasteiger partial charge on any atom is 0.317 e. The molecule has 1 aliphatic carbocycles. The molecular formula is C19H31N3O3. The quantitative estimate of drug-likeness (QED) is 0.831. The lowest BCUT2D eigenvalue weighted by Crippen LogP contribution is -2.55. The number of hydrogen-bond acceptors (Lipinski definition) is 3. The molecule has 1 atom stereocenters. The predicted octanol–water partition coefficient (Wildman–Crippen LogP) is 2.13. The molecule has 1 saturated carbocycles. The van der Waals surface area contributed by atoms with Crippen molar-refractivity contribution in [2.45, 2.75) is 69.9 Å². The van der Waals surface area contributed by atoms with Gasteiger partial charge >= 0.3 is 6.03 Å². The zero-order chi connectivity index (χ0) is 17.3. The summed E-state index contributed by atoms with van der Waals surface area (Å²) >= 11 is 0. The minimum absolute atomic E-state index is 0.0414. The number of piperidine rings is 1. The van der Waals surface area contributed by atoms with E-state index in [1.165, 1.54) is 12.8 Å². The van der Waals surface area contributed by atoms with Crippen molar-refractivity contribution in [2.75, 3.05) is 32.8 Å². The van der Waals surface area contributed by atoms with Crippen LogP contribution in [0.4, 0.5) is 4.79 Å². The van der Waals surface area contributed by atoms with Crippen LogP contribution in [0.2, 0.25) is 0 Å². The molecular weight excluding hydrogens is 318 g/mol. The minimum atomic E-state index is -0.330. The number of carbonyl (C=O) groups excluding carboxylic acids is 2. The van der Waals surface area contributed by atoms with Gasteiger partial charge in [-0.2, -0.15) is 0 Å². The van der Waals surface area contributed by atoms with Crippen LogP contribution in [0.3, 0.4) is 0 Å². The number of likely N-dealkylation sites (tertiary alicyclic amines) is 2. The molecule has 3 saturated heterocycles. The third-order valence-corrected chi connectivity index (χ3v) is 6.72. The van der Waals surface area contributed by atoms with Crippen LogP contribution < -0.4 is 5.32 Å². The van der Waals surface area contributed by atoms with Gasteiger partial charge in [0.25, 0.3) is 0 Å². The second-order valence-corrected chi connectivity index (χ2v) is 8.33. The molecule has 3 aliphatic heterocycles. The Morgan fingerprint density at radius 3 is 2.56 bits per heavy atom. The second kappa shape index (κ2) is 7.14. The summed E-state index contributed by atoms with van der Waals surface area (Å²) in [7, 11) is 0. The van der Waals surface area contributed by atoms with Gasteiger partial charge in [-0.15, -0.1) is 0 Å². The van der Waals surface area contributed by atoms with Gasteiger partial charge in [0.05, 0.1) is 5.41 Å². The van der Waals surface area contributed by atoms with Crippen molar-refractivity contribution in [3.63, 3.8) is 0 Å². The van der Waals surface area contributed by atoms with Gasteiger partial charge in [-0.3, -0.25) is 4.79 Å². The van der Waals surface area contributed by atoms with Crippen molar-refractivity contribution < 1.29 is 14.3 Å². The fraction of sp³-hybridized carbons (Fsp3) is 0.895. The molecule has 0 aromatic carbocycles. The Labute approximate surface area is 150 Å². The monoisotopic (exact) mass is 349 g/mol. The Balaban J connectivity index is 1.39. The number of ether oxygens (including phenoxy) is 1. The van der Waals surface area contributed by atoms with Crippen LogP contribution in [-0.2, 0) is 9.53 Å². The summed E-state index contributed by atoms with van der Waals surface area (Å²) in [4.78, 5) is 29.9. The molecule has 25 heavy (non-hydrogen) atoms. The highest BCUT2D eigenvalue weighted by atomic mass is 16.5. The molecule has 1 spiro atoms. The van der Waals surface area contributed by atoms with Gasteiger partial charge in [0.15, 0.2) is 0 Å². The Morgan fingerprint density at radius 1 is 1.04 bits per heavy atom. The average Bonchev–Trinajstić information content (AvgIpc) is 3.29. The summed E-state index contributed by atoms with van der Waals surface area (Å²) in [6.45, 7) is 3.71. The largest absolute Gasteiger partial charge is 0.381 e. The molecule has 6 heteroatoms. The normalized spacial score (nSPS) is 31.9. The van der Waals surface area contributed by atoms with E-state index < -0.39 is 0 Å². The Morgan fingerprint density at radius 2 is 1.80 bits per heavy atom. The van der Waals surface area contributed by atoms with Gasteiger partial charge < -0.3 is 19.9 Å². The first-order valence-electron chi connectivity index (χ1n) is 10.1. The number of urea groups is 1. The van der Waals surface area contributed by atoms with E-state index in [9.17, 15) is 9.59 Å². The third kappa shape index (κ3) is 3.37. The molecule has 0 radical (unpaired) electrons. The van der Waals surface area contributed by atoms with E-state index >= 15 is 0 Å². The number of amides is 3. The molecule has 4 rings (SSSR count). The molecule has 4 fully saturated rings. The molecule has 3 amide bonds. The molecule has 0 bridgehead atoms. The maximum absolute atomic E-state index is 13.3. The standard InChI is InChI=1S/C19H31N3O3/c23-17-19(8-3-10-22(17)16-6-12-25-13-7-16)9-11-21(14-19)18(24)20-15-4-1-2-5-15/h15-16H,1-14H2,(H,20,24). The van der Waals surface area contributed by atoms with E-state index in [0.29, 0.717) is 31.1 Å². The summed E-state index contributed by atoms with van der Waals surface area (Å²) in [5.41, 5.74) is -0.330. The number of carbonyl (C=O) groups is 2. The minimum Gasteiger partial charge on any atom is -0.381 e. The summed E-state index contributed by atoms with van der Waals surface area (Å²) in [6.07, 6.45) is 9.34. The summed E-state index contributed by atoms with van der Waals surface area (Å²) in [6, 6.07) is 0.712. The molecule has 0 aromatic heterocycles. The number of nitrogens with zero attached hydrogens (tertiary/aromatic N) is 2. The summed E-state index contributed by atoms with van der Waals surface area (Å²) in [5.74, 6) is 0.293. The second-order valence-electron chi connectivity index (χ2n) is 8.33. The molecule has 4 aliphatic rings. The van der Waals surface area contributed by atoms with Crippen molar-refractivity contribution in [3.05, 3.63) is 0 Å². The van der Waals surface area contributed by atoms with Crippen molar-refractivity contribution in [1.29, 1.82) is 0 Å². The van der Waals surface area contributed by atoms with Gasteiger partial charge in [0.1, 0.15) is 0 Å². The average molecular weight is 349 g/mol. The number of nitrogens with one attached hydrogen (secondary N) is 1. The lowest BCUT2D eigenvalue weighted by atomic mass is 9.77. The number of hydrogen-bond donors (Lipinski definition) is 1. The van der Waals surface area contributed by atoms with E-state index in [2.05, 4.69) is 10.2 Å². The van der Waals surface area contributed by atoms with E-state index in [1.807, 2.05) is 4.90 Å². The van der Waals surface area contributed by atoms with Crippen molar-refractivity contribution in [1.82, 2.24) is 15.1 Å². The van der Waals surface area contributed by atoms with Gasteiger partial charge in [-0.25, -0.2) is 4.79 Å². The van der Waals surface area contributed by atoms with Crippen LogP contribution in [-0.4, -0.2) is 66.7 Å². The maximum atomic E-state index is 13.3. The van der Waals surface area contributed by atoms with Crippen LogP contribution in [0.25, 0.3) is 0 Å². The summed E-state index contributed by atoms with van der Waals surface area (Å²) in [5, 5.41) is 3.18. The van der Waals surface area contributed by atoms with Crippen molar-refractivity contribution in [2.24, 2.45) is 5.41 Å².